The monoisotopic (exact) mass is 379 g/mol. The maximum Gasteiger partial charge on any atom is 0.411 e. The quantitative estimate of drug-likeness (QED) is 0.712. The first-order chi connectivity index (χ1) is 13.5. The molecule has 0 saturated carbocycles. The number of hydrogen-bond acceptors (Lipinski definition) is 5. The molecule has 3 aromatic rings. The van der Waals surface area contributed by atoms with Crippen LogP contribution in [0.25, 0.3) is 11.0 Å². The summed E-state index contributed by atoms with van der Waals surface area (Å²) in [5, 5.41) is 5.51. The van der Waals surface area contributed by atoms with E-state index in [1.165, 1.54) is 0 Å². The molecule has 2 heterocycles. The fourth-order valence-electron chi connectivity index (χ4n) is 3.10. The first-order valence-corrected chi connectivity index (χ1v) is 8.97. The lowest BCUT2D eigenvalue weighted by Gasteiger charge is -2.18. The normalized spacial score (nSPS) is 13.2. The Balaban J connectivity index is 1.50. The second kappa shape index (κ2) is 7.32. The van der Waals surface area contributed by atoms with Gasteiger partial charge >= 0.3 is 6.09 Å². The highest BCUT2D eigenvalue weighted by atomic mass is 16.5. The Morgan fingerprint density at radius 1 is 1.29 bits per heavy atom. The molecule has 0 aliphatic carbocycles. The van der Waals surface area contributed by atoms with Crippen LogP contribution in [0.1, 0.15) is 15.9 Å². The van der Waals surface area contributed by atoms with Gasteiger partial charge in [-0.05, 0) is 50.5 Å². The molecule has 0 fully saturated rings. The summed E-state index contributed by atoms with van der Waals surface area (Å²) in [5.74, 6) is -0.230. The van der Waals surface area contributed by atoms with Crippen molar-refractivity contribution >= 4 is 34.4 Å². The van der Waals surface area contributed by atoms with Gasteiger partial charge in [-0.1, -0.05) is 0 Å². The summed E-state index contributed by atoms with van der Waals surface area (Å²) in [7, 11) is 4.07. The Kier molecular flexibility index (Phi) is 4.70. The molecule has 0 spiro atoms. The molecular formula is C20H21N5O3. The molecule has 28 heavy (non-hydrogen) atoms. The first kappa shape index (κ1) is 18.0. The number of likely N-dealkylation sites (N-methyl/N-ethyl adjacent to an activating group) is 1. The van der Waals surface area contributed by atoms with Gasteiger partial charge in [0.05, 0.1) is 23.0 Å². The fraction of sp³-hybridized carbons (Fsp3) is 0.250. The fourth-order valence-corrected chi connectivity index (χ4v) is 3.10. The van der Waals surface area contributed by atoms with Crippen LogP contribution in [0.4, 0.5) is 16.2 Å². The lowest BCUT2D eigenvalue weighted by Crippen LogP contribution is -2.21. The van der Waals surface area contributed by atoms with E-state index in [1.807, 2.05) is 38.6 Å². The van der Waals surface area contributed by atoms with Crippen LogP contribution in [0.15, 0.2) is 42.7 Å². The summed E-state index contributed by atoms with van der Waals surface area (Å²) in [6.07, 6.45) is 1.33. The number of aromatic nitrogens is 2. The Bertz CT molecular complexity index is 1060. The first-order valence-electron chi connectivity index (χ1n) is 8.97. The minimum Gasteiger partial charge on any atom is -0.444 e. The van der Waals surface area contributed by atoms with Crippen LogP contribution in [-0.4, -0.2) is 47.1 Å². The van der Waals surface area contributed by atoms with E-state index < -0.39 is 6.09 Å². The zero-order valence-corrected chi connectivity index (χ0v) is 15.7. The number of nitrogens with zero attached hydrogens (tertiary/aromatic N) is 3. The second-order valence-corrected chi connectivity index (χ2v) is 6.97. The number of rotatable bonds is 5. The molecule has 8 nitrogen and oxygen atoms in total. The van der Waals surface area contributed by atoms with Crippen LogP contribution in [0.5, 0.6) is 0 Å². The number of ether oxygens (including phenoxy) is 1. The van der Waals surface area contributed by atoms with Crippen LogP contribution in [0.2, 0.25) is 0 Å². The van der Waals surface area contributed by atoms with Gasteiger partial charge < -0.3 is 19.5 Å². The smallest absolute Gasteiger partial charge is 0.411 e. The average Bonchev–Trinajstić information content (AvgIpc) is 3.08. The van der Waals surface area contributed by atoms with Crippen molar-refractivity contribution < 1.29 is 14.3 Å². The van der Waals surface area contributed by atoms with Gasteiger partial charge in [0, 0.05) is 29.9 Å². The van der Waals surface area contributed by atoms with E-state index in [-0.39, 0.29) is 12.5 Å². The molecule has 2 aromatic carbocycles. The van der Waals surface area contributed by atoms with E-state index in [9.17, 15) is 9.59 Å². The molecule has 1 aliphatic rings. The average molecular weight is 379 g/mol. The van der Waals surface area contributed by atoms with E-state index in [4.69, 9.17) is 4.74 Å². The lowest BCUT2D eigenvalue weighted by molar-refractivity contribution is 0.102. The van der Waals surface area contributed by atoms with Crippen molar-refractivity contribution in [2.75, 3.05) is 31.3 Å². The summed E-state index contributed by atoms with van der Waals surface area (Å²) < 4.78 is 7.04. The molecule has 4 rings (SSSR count). The molecule has 0 bridgehead atoms. The molecule has 2 N–H and O–H groups in total. The van der Waals surface area contributed by atoms with Gasteiger partial charge in [0.2, 0.25) is 0 Å². The maximum atomic E-state index is 12.6. The standard InChI is InChI=1S/C20H21N5O3/c1-24(2)7-8-25-12-21-17-10-15(4-6-18(17)25)22-19(26)13-3-5-16-14(9-13)11-28-20(27)23-16/h3-6,9-10,12H,7-8,11H2,1-2H3,(H,22,26)(H,23,27). The highest BCUT2D eigenvalue weighted by Crippen LogP contribution is 2.24. The minimum absolute atomic E-state index is 0.151. The summed E-state index contributed by atoms with van der Waals surface area (Å²) in [5.41, 5.74) is 4.46. The van der Waals surface area contributed by atoms with Crippen molar-refractivity contribution in [2.24, 2.45) is 0 Å². The largest absolute Gasteiger partial charge is 0.444 e. The van der Waals surface area contributed by atoms with Gasteiger partial charge in [-0.2, -0.15) is 0 Å². The van der Waals surface area contributed by atoms with Crippen LogP contribution in [0.3, 0.4) is 0 Å². The summed E-state index contributed by atoms with van der Waals surface area (Å²) >= 11 is 0. The molecule has 2 amide bonds. The highest BCUT2D eigenvalue weighted by molar-refractivity contribution is 6.05. The van der Waals surface area contributed by atoms with Crippen molar-refractivity contribution in [2.45, 2.75) is 13.2 Å². The third-order valence-corrected chi connectivity index (χ3v) is 4.63. The maximum absolute atomic E-state index is 12.6. The molecule has 8 heteroatoms. The summed E-state index contributed by atoms with van der Waals surface area (Å²) in [4.78, 5) is 30.4. The molecule has 1 aliphatic heterocycles. The predicted molar refractivity (Wildman–Crippen MR) is 106 cm³/mol. The number of cyclic esters (lactones) is 1. The number of anilines is 2. The third-order valence-electron chi connectivity index (χ3n) is 4.63. The van der Waals surface area contributed by atoms with Crippen LogP contribution in [0, 0.1) is 0 Å². The molecule has 144 valence electrons. The molecule has 0 saturated heterocycles. The van der Waals surface area contributed by atoms with Crippen molar-refractivity contribution in [3.05, 3.63) is 53.9 Å². The van der Waals surface area contributed by atoms with Gasteiger partial charge in [0.1, 0.15) is 6.61 Å². The predicted octanol–water partition coefficient (Wildman–Crippen LogP) is 2.91. The van der Waals surface area contributed by atoms with Crippen molar-refractivity contribution in [1.29, 1.82) is 0 Å². The van der Waals surface area contributed by atoms with Gasteiger partial charge in [0.15, 0.2) is 0 Å². The molecule has 0 atom stereocenters. The van der Waals surface area contributed by atoms with E-state index in [1.54, 1.807) is 18.2 Å². The van der Waals surface area contributed by atoms with E-state index in [0.717, 1.165) is 29.7 Å². The van der Waals surface area contributed by atoms with Crippen LogP contribution >= 0.6 is 0 Å². The third kappa shape index (κ3) is 3.67. The zero-order valence-electron chi connectivity index (χ0n) is 15.7. The number of amides is 2. The van der Waals surface area contributed by atoms with Crippen molar-refractivity contribution in [1.82, 2.24) is 14.5 Å². The minimum atomic E-state index is -0.483. The number of nitrogens with one attached hydrogen (secondary N) is 2. The Morgan fingerprint density at radius 3 is 2.96 bits per heavy atom. The van der Waals surface area contributed by atoms with Gasteiger partial charge in [-0.3, -0.25) is 10.1 Å². The van der Waals surface area contributed by atoms with E-state index in [2.05, 4.69) is 25.1 Å². The van der Waals surface area contributed by atoms with Gasteiger partial charge in [0.25, 0.3) is 5.91 Å². The summed E-state index contributed by atoms with van der Waals surface area (Å²) in [6.45, 7) is 1.92. The van der Waals surface area contributed by atoms with E-state index in [0.29, 0.717) is 16.9 Å². The molecular weight excluding hydrogens is 358 g/mol. The Hall–Kier alpha value is -3.39. The molecule has 0 radical (unpaired) electrons. The number of benzene rings is 2. The molecule has 0 unspecified atom stereocenters. The highest BCUT2D eigenvalue weighted by Gasteiger charge is 2.17. The number of imidazole rings is 1. The van der Waals surface area contributed by atoms with E-state index >= 15 is 0 Å². The van der Waals surface area contributed by atoms with Crippen LogP contribution in [-0.2, 0) is 17.9 Å². The van der Waals surface area contributed by atoms with Crippen molar-refractivity contribution in [3.8, 4) is 0 Å². The number of carbonyl (C=O) groups excluding carboxylic acids is 2. The Morgan fingerprint density at radius 2 is 2.14 bits per heavy atom. The zero-order chi connectivity index (χ0) is 19.7. The van der Waals surface area contributed by atoms with Gasteiger partial charge in [-0.25, -0.2) is 9.78 Å². The topological polar surface area (TPSA) is 88.5 Å². The SMILES string of the molecule is CN(C)CCn1cnc2cc(NC(=O)c3ccc4c(c3)COC(=O)N4)ccc21. The number of hydrogen-bond donors (Lipinski definition) is 2. The summed E-state index contributed by atoms with van der Waals surface area (Å²) in [6, 6.07) is 10.8. The van der Waals surface area contributed by atoms with Crippen molar-refractivity contribution in [3.63, 3.8) is 0 Å². The second-order valence-electron chi connectivity index (χ2n) is 6.97. The molecule has 1 aromatic heterocycles. The van der Waals surface area contributed by atoms with Crippen LogP contribution < -0.4 is 10.6 Å². The Labute approximate surface area is 162 Å². The number of carbonyl (C=O) groups is 2. The number of fused-ring (bicyclic) bond motifs is 2. The van der Waals surface area contributed by atoms with Gasteiger partial charge in [-0.15, -0.1) is 0 Å². The lowest BCUT2D eigenvalue weighted by atomic mass is 10.1.